The van der Waals surface area contributed by atoms with Crippen molar-refractivity contribution in [2.75, 3.05) is 5.32 Å². The van der Waals surface area contributed by atoms with E-state index in [9.17, 15) is 5.11 Å². The van der Waals surface area contributed by atoms with Crippen LogP contribution in [0.4, 0.5) is 5.82 Å². The molecule has 4 nitrogen and oxygen atoms in total. The number of aryl methyl sites for hydroxylation is 2. The molecule has 0 spiro atoms. The molecular weight excluding hydrogens is 282 g/mol. The molecule has 0 saturated heterocycles. The Hall–Kier alpha value is -1.98. The minimum Gasteiger partial charge on any atom is -0.392 e. The van der Waals surface area contributed by atoms with Gasteiger partial charge >= 0.3 is 0 Å². The van der Waals surface area contributed by atoms with E-state index in [1.54, 1.807) is 17.7 Å². The average molecular weight is 299 g/mol. The summed E-state index contributed by atoms with van der Waals surface area (Å²) in [7, 11) is 0. The van der Waals surface area contributed by atoms with E-state index in [-0.39, 0.29) is 6.61 Å². The monoisotopic (exact) mass is 299 g/mol. The highest BCUT2D eigenvalue weighted by atomic mass is 32.1. The lowest BCUT2D eigenvalue weighted by Gasteiger charge is -2.08. The SMILES string of the molecule is Cc1sc2ncnc(NCc3cccc(CO)c3)c2c1C. The quantitative estimate of drug-likeness (QED) is 0.775. The van der Waals surface area contributed by atoms with Gasteiger partial charge in [0.25, 0.3) is 0 Å². The minimum absolute atomic E-state index is 0.0639. The van der Waals surface area contributed by atoms with Gasteiger partial charge in [0.1, 0.15) is 17.0 Å². The first-order chi connectivity index (χ1) is 10.2. The summed E-state index contributed by atoms with van der Waals surface area (Å²) in [6.45, 7) is 4.95. The fraction of sp³-hybridized carbons (Fsp3) is 0.250. The van der Waals surface area contributed by atoms with Crippen LogP contribution in [0.2, 0.25) is 0 Å². The van der Waals surface area contributed by atoms with Gasteiger partial charge in [0.2, 0.25) is 0 Å². The molecule has 0 atom stereocenters. The number of rotatable bonds is 4. The predicted octanol–water partition coefficient (Wildman–Crippen LogP) is 3.41. The maximum Gasteiger partial charge on any atom is 0.138 e. The number of benzene rings is 1. The molecule has 3 aromatic rings. The summed E-state index contributed by atoms with van der Waals surface area (Å²) in [5.74, 6) is 0.872. The highest BCUT2D eigenvalue weighted by molar-refractivity contribution is 7.18. The number of aromatic nitrogens is 2. The van der Waals surface area contributed by atoms with Gasteiger partial charge in [-0.25, -0.2) is 9.97 Å². The number of hydrogen-bond acceptors (Lipinski definition) is 5. The summed E-state index contributed by atoms with van der Waals surface area (Å²) >= 11 is 1.70. The number of anilines is 1. The van der Waals surface area contributed by atoms with Crippen molar-refractivity contribution in [3.63, 3.8) is 0 Å². The van der Waals surface area contributed by atoms with Crippen molar-refractivity contribution in [3.8, 4) is 0 Å². The van der Waals surface area contributed by atoms with Crippen molar-refractivity contribution in [1.29, 1.82) is 0 Å². The predicted molar refractivity (Wildman–Crippen MR) is 86.6 cm³/mol. The van der Waals surface area contributed by atoms with Crippen molar-refractivity contribution >= 4 is 27.4 Å². The van der Waals surface area contributed by atoms with Crippen LogP contribution >= 0.6 is 11.3 Å². The lowest BCUT2D eigenvalue weighted by atomic mass is 10.1. The summed E-state index contributed by atoms with van der Waals surface area (Å²) < 4.78 is 0. The molecule has 0 aliphatic rings. The van der Waals surface area contributed by atoms with Crippen LogP contribution in [0, 0.1) is 13.8 Å². The number of fused-ring (bicyclic) bond motifs is 1. The smallest absolute Gasteiger partial charge is 0.138 e. The number of hydrogen-bond donors (Lipinski definition) is 2. The van der Waals surface area contributed by atoms with Gasteiger partial charge in [-0.05, 0) is 30.5 Å². The van der Waals surface area contributed by atoms with Gasteiger partial charge in [-0.3, -0.25) is 0 Å². The molecule has 108 valence electrons. The first kappa shape index (κ1) is 14.0. The Morgan fingerprint density at radius 3 is 2.81 bits per heavy atom. The van der Waals surface area contributed by atoms with Crippen molar-refractivity contribution in [2.24, 2.45) is 0 Å². The summed E-state index contributed by atoms with van der Waals surface area (Å²) in [6, 6.07) is 7.91. The third-order valence-electron chi connectivity index (χ3n) is 3.60. The molecule has 0 radical (unpaired) electrons. The molecule has 3 rings (SSSR count). The van der Waals surface area contributed by atoms with Crippen LogP contribution in [-0.4, -0.2) is 15.1 Å². The van der Waals surface area contributed by atoms with Gasteiger partial charge in [0, 0.05) is 11.4 Å². The van der Waals surface area contributed by atoms with E-state index in [1.807, 2.05) is 24.3 Å². The molecule has 1 aromatic carbocycles. The highest BCUT2D eigenvalue weighted by Gasteiger charge is 2.11. The second-order valence-corrected chi connectivity index (χ2v) is 6.22. The first-order valence-corrected chi connectivity index (χ1v) is 7.64. The number of nitrogens with zero attached hydrogens (tertiary/aromatic N) is 2. The zero-order valence-electron chi connectivity index (χ0n) is 12.1. The van der Waals surface area contributed by atoms with Crippen LogP contribution in [0.25, 0.3) is 10.2 Å². The van der Waals surface area contributed by atoms with Gasteiger partial charge in [0.15, 0.2) is 0 Å². The molecule has 0 saturated carbocycles. The highest BCUT2D eigenvalue weighted by Crippen LogP contribution is 2.32. The van der Waals surface area contributed by atoms with E-state index in [0.29, 0.717) is 6.54 Å². The Kier molecular flexibility index (Phi) is 3.86. The van der Waals surface area contributed by atoms with Crippen molar-refractivity contribution in [3.05, 3.63) is 52.2 Å². The lowest BCUT2D eigenvalue weighted by Crippen LogP contribution is -2.03. The molecule has 0 amide bonds. The van der Waals surface area contributed by atoms with E-state index in [0.717, 1.165) is 27.2 Å². The van der Waals surface area contributed by atoms with E-state index in [2.05, 4.69) is 29.1 Å². The van der Waals surface area contributed by atoms with Gasteiger partial charge in [-0.2, -0.15) is 0 Å². The summed E-state index contributed by atoms with van der Waals surface area (Å²) in [5, 5.41) is 13.7. The second-order valence-electron chi connectivity index (χ2n) is 5.02. The summed E-state index contributed by atoms with van der Waals surface area (Å²) in [4.78, 5) is 11.0. The molecule has 0 fully saturated rings. The van der Waals surface area contributed by atoms with Crippen molar-refractivity contribution < 1.29 is 5.11 Å². The topological polar surface area (TPSA) is 58.0 Å². The standard InChI is InChI=1S/C16H17N3OS/c1-10-11(2)21-16-14(10)15(18-9-19-16)17-7-12-4-3-5-13(6-12)8-20/h3-6,9,20H,7-8H2,1-2H3,(H,17,18,19). The van der Waals surface area contributed by atoms with Crippen LogP contribution in [0.15, 0.2) is 30.6 Å². The number of thiophene rings is 1. The lowest BCUT2D eigenvalue weighted by molar-refractivity contribution is 0.281. The Labute approximate surface area is 127 Å². The van der Waals surface area contributed by atoms with E-state index >= 15 is 0 Å². The number of aliphatic hydroxyl groups excluding tert-OH is 1. The molecular formula is C16H17N3OS. The Balaban J connectivity index is 1.88. The molecule has 2 N–H and O–H groups in total. The molecule has 0 bridgehead atoms. The van der Waals surface area contributed by atoms with Gasteiger partial charge < -0.3 is 10.4 Å². The average Bonchev–Trinajstić information content (AvgIpc) is 2.81. The normalized spacial score (nSPS) is 11.0. The molecule has 2 aromatic heterocycles. The van der Waals surface area contributed by atoms with E-state index in [1.165, 1.54) is 10.4 Å². The maximum atomic E-state index is 9.19. The third-order valence-corrected chi connectivity index (χ3v) is 4.71. The first-order valence-electron chi connectivity index (χ1n) is 6.82. The van der Waals surface area contributed by atoms with Crippen molar-refractivity contribution in [2.45, 2.75) is 27.0 Å². The maximum absolute atomic E-state index is 9.19. The van der Waals surface area contributed by atoms with Gasteiger partial charge in [-0.15, -0.1) is 11.3 Å². The van der Waals surface area contributed by atoms with Crippen LogP contribution in [0.1, 0.15) is 21.6 Å². The Morgan fingerprint density at radius 2 is 2.00 bits per heavy atom. The zero-order chi connectivity index (χ0) is 14.8. The van der Waals surface area contributed by atoms with Crippen molar-refractivity contribution in [1.82, 2.24) is 9.97 Å². The fourth-order valence-electron chi connectivity index (χ4n) is 2.34. The number of aliphatic hydroxyl groups is 1. The minimum atomic E-state index is 0.0639. The molecule has 21 heavy (non-hydrogen) atoms. The van der Waals surface area contributed by atoms with Crippen LogP contribution in [0.3, 0.4) is 0 Å². The molecule has 0 unspecified atom stereocenters. The van der Waals surface area contributed by atoms with Crippen LogP contribution in [0.5, 0.6) is 0 Å². The Morgan fingerprint density at radius 1 is 1.19 bits per heavy atom. The van der Waals surface area contributed by atoms with E-state index < -0.39 is 0 Å². The second kappa shape index (κ2) is 5.79. The van der Waals surface area contributed by atoms with Gasteiger partial charge in [0.05, 0.1) is 12.0 Å². The molecule has 2 heterocycles. The fourth-order valence-corrected chi connectivity index (χ4v) is 3.34. The van der Waals surface area contributed by atoms with Gasteiger partial charge in [-0.1, -0.05) is 24.3 Å². The summed E-state index contributed by atoms with van der Waals surface area (Å²) in [5.41, 5.74) is 3.28. The Bertz CT molecular complexity index is 782. The zero-order valence-corrected chi connectivity index (χ0v) is 12.9. The summed E-state index contributed by atoms with van der Waals surface area (Å²) in [6.07, 6.45) is 1.60. The van der Waals surface area contributed by atoms with E-state index in [4.69, 9.17) is 0 Å². The largest absolute Gasteiger partial charge is 0.392 e. The molecule has 0 aliphatic heterocycles. The molecule has 5 heteroatoms. The van der Waals surface area contributed by atoms with Crippen LogP contribution in [-0.2, 0) is 13.2 Å². The number of nitrogens with one attached hydrogen (secondary N) is 1. The van der Waals surface area contributed by atoms with Crippen LogP contribution < -0.4 is 5.32 Å². The molecule has 0 aliphatic carbocycles. The third kappa shape index (κ3) is 2.75.